The van der Waals surface area contributed by atoms with Gasteiger partial charge >= 0.3 is 6.36 Å². The number of carbonyl (C=O) groups excluding carboxylic acids is 2. The molecule has 6 nitrogen and oxygen atoms in total. The van der Waals surface area contributed by atoms with Gasteiger partial charge in [0.05, 0.1) is 13.1 Å². The third-order valence-electron chi connectivity index (χ3n) is 3.96. The molecule has 0 fully saturated rings. The maximum Gasteiger partial charge on any atom is 0.573 e. The van der Waals surface area contributed by atoms with E-state index in [1.165, 1.54) is 24.3 Å². The standard InChI is InChI=1S/C20H21F4N3O3/c1-2-27(12-18(28)25-11-14-3-5-15(21)6-4-14)13-19(29)26-16-7-9-17(10-8-16)30-20(22,23)24/h3-10H,2,11-13H2,1H3,(H,25,28)(H,26,29). The summed E-state index contributed by atoms with van der Waals surface area (Å²) in [7, 11) is 0. The Balaban J connectivity index is 1.79. The molecular weight excluding hydrogens is 406 g/mol. The molecule has 0 aliphatic heterocycles. The molecular formula is C20H21F4N3O3. The molecule has 2 aromatic rings. The number of alkyl halides is 3. The van der Waals surface area contributed by atoms with Crippen LogP contribution in [0.2, 0.25) is 0 Å². The number of rotatable bonds is 9. The third-order valence-corrected chi connectivity index (χ3v) is 3.96. The molecule has 162 valence electrons. The van der Waals surface area contributed by atoms with Gasteiger partial charge in [0.15, 0.2) is 0 Å². The van der Waals surface area contributed by atoms with Crippen LogP contribution in [0.25, 0.3) is 0 Å². The van der Waals surface area contributed by atoms with Crippen LogP contribution in [0.4, 0.5) is 23.2 Å². The van der Waals surface area contributed by atoms with E-state index in [2.05, 4.69) is 15.4 Å². The van der Waals surface area contributed by atoms with Crippen LogP contribution in [-0.4, -0.2) is 42.7 Å². The van der Waals surface area contributed by atoms with Gasteiger partial charge in [0.2, 0.25) is 11.8 Å². The van der Waals surface area contributed by atoms with Crippen LogP contribution in [-0.2, 0) is 16.1 Å². The van der Waals surface area contributed by atoms with E-state index in [9.17, 15) is 27.2 Å². The first-order valence-corrected chi connectivity index (χ1v) is 9.04. The average molecular weight is 427 g/mol. The fourth-order valence-electron chi connectivity index (χ4n) is 2.48. The van der Waals surface area contributed by atoms with Crippen LogP contribution in [0.5, 0.6) is 5.75 Å². The van der Waals surface area contributed by atoms with Gasteiger partial charge in [0, 0.05) is 12.2 Å². The molecule has 2 rings (SSSR count). The van der Waals surface area contributed by atoms with Gasteiger partial charge in [-0.15, -0.1) is 13.2 Å². The van der Waals surface area contributed by atoms with Crippen molar-refractivity contribution in [3.8, 4) is 5.75 Å². The van der Waals surface area contributed by atoms with E-state index in [0.29, 0.717) is 12.2 Å². The summed E-state index contributed by atoms with van der Waals surface area (Å²) in [5.74, 6) is -1.49. The van der Waals surface area contributed by atoms with Gasteiger partial charge in [-0.05, 0) is 48.5 Å². The number of hydrogen-bond acceptors (Lipinski definition) is 4. The van der Waals surface area contributed by atoms with Crippen molar-refractivity contribution in [2.75, 3.05) is 25.0 Å². The molecule has 2 aromatic carbocycles. The van der Waals surface area contributed by atoms with Crippen molar-refractivity contribution < 1.29 is 31.9 Å². The molecule has 0 saturated heterocycles. The zero-order valence-corrected chi connectivity index (χ0v) is 16.1. The summed E-state index contributed by atoms with van der Waals surface area (Å²) in [6.45, 7) is 2.33. The van der Waals surface area contributed by atoms with E-state index < -0.39 is 18.0 Å². The minimum atomic E-state index is -4.79. The Bertz CT molecular complexity index is 840. The molecule has 0 spiro atoms. The number of likely N-dealkylation sites (N-methyl/N-ethyl adjacent to an activating group) is 1. The van der Waals surface area contributed by atoms with Gasteiger partial charge in [0.1, 0.15) is 11.6 Å². The topological polar surface area (TPSA) is 70.7 Å². The quantitative estimate of drug-likeness (QED) is 0.603. The average Bonchev–Trinajstić information content (AvgIpc) is 2.67. The predicted octanol–water partition coefficient (Wildman–Crippen LogP) is 3.30. The van der Waals surface area contributed by atoms with E-state index in [1.807, 2.05) is 0 Å². The number of nitrogens with zero attached hydrogens (tertiary/aromatic N) is 1. The zero-order valence-electron chi connectivity index (χ0n) is 16.1. The molecule has 0 bridgehead atoms. The third kappa shape index (κ3) is 8.48. The molecule has 0 unspecified atom stereocenters. The minimum absolute atomic E-state index is 0.0243. The molecule has 2 N–H and O–H groups in total. The monoisotopic (exact) mass is 427 g/mol. The van der Waals surface area contributed by atoms with E-state index in [1.54, 1.807) is 24.0 Å². The van der Waals surface area contributed by atoms with E-state index >= 15 is 0 Å². The Morgan fingerprint density at radius 1 is 0.967 bits per heavy atom. The Hall–Kier alpha value is -3.14. The fourth-order valence-corrected chi connectivity index (χ4v) is 2.48. The lowest BCUT2D eigenvalue weighted by Gasteiger charge is -2.19. The fraction of sp³-hybridized carbons (Fsp3) is 0.300. The highest BCUT2D eigenvalue weighted by Crippen LogP contribution is 2.23. The number of nitrogens with one attached hydrogen (secondary N) is 2. The highest BCUT2D eigenvalue weighted by atomic mass is 19.4. The van der Waals surface area contributed by atoms with E-state index in [4.69, 9.17) is 0 Å². The second-order valence-corrected chi connectivity index (χ2v) is 6.33. The van der Waals surface area contributed by atoms with Gasteiger partial charge in [-0.25, -0.2) is 4.39 Å². The van der Waals surface area contributed by atoms with Crippen molar-refractivity contribution in [2.45, 2.75) is 19.8 Å². The van der Waals surface area contributed by atoms with E-state index in [-0.39, 0.29) is 31.4 Å². The summed E-state index contributed by atoms with van der Waals surface area (Å²) in [5, 5.41) is 5.24. The molecule has 0 radical (unpaired) electrons. The van der Waals surface area contributed by atoms with Crippen molar-refractivity contribution in [1.82, 2.24) is 10.2 Å². The number of halogens is 4. The van der Waals surface area contributed by atoms with Gasteiger partial charge < -0.3 is 15.4 Å². The minimum Gasteiger partial charge on any atom is -0.406 e. The molecule has 0 heterocycles. The molecule has 0 aliphatic rings. The lowest BCUT2D eigenvalue weighted by molar-refractivity contribution is -0.274. The van der Waals surface area contributed by atoms with Gasteiger partial charge in [-0.1, -0.05) is 19.1 Å². The summed E-state index contributed by atoms with van der Waals surface area (Å²) in [4.78, 5) is 25.8. The predicted molar refractivity (Wildman–Crippen MR) is 102 cm³/mol. The van der Waals surface area contributed by atoms with Crippen LogP contribution >= 0.6 is 0 Å². The zero-order chi connectivity index (χ0) is 22.1. The number of carbonyl (C=O) groups is 2. The van der Waals surface area contributed by atoms with Crippen molar-refractivity contribution in [2.24, 2.45) is 0 Å². The first-order chi connectivity index (χ1) is 14.1. The molecule has 10 heteroatoms. The Morgan fingerprint density at radius 2 is 1.57 bits per heavy atom. The summed E-state index contributed by atoms with van der Waals surface area (Å²) in [6.07, 6.45) is -4.79. The van der Waals surface area contributed by atoms with Crippen LogP contribution in [0.3, 0.4) is 0 Å². The number of amides is 2. The number of anilines is 1. The van der Waals surface area contributed by atoms with Crippen molar-refractivity contribution >= 4 is 17.5 Å². The van der Waals surface area contributed by atoms with Crippen LogP contribution in [0, 0.1) is 5.82 Å². The summed E-state index contributed by atoms with van der Waals surface area (Å²) in [6, 6.07) is 10.5. The van der Waals surface area contributed by atoms with Crippen LogP contribution in [0.15, 0.2) is 48.5 Å². The summed E-state index contributed by atoms with van der Waals surface area (Å²) < 4.78 is 53.1. The number of benzene rings is 2. The number of ether oxygens (including phenoxy) is 1. The molecule has 0 aliphatic carbocycles. The Kier molecular flexibility index (Phi) is 8.16. The molecule has 30 heavy (non-hydrogen) atoms. The van der Waals surface area contributed by atoms with Crippen molar-refractivity contribution in [1.29, 1.82) is 0 Å². The van der Waals surface area contributed by atoms with Gasteiger partial charge in [-0.3, -0.25) is 14.5 Å². The SMILES string of the molecule is CCN(CC(=O)NCc1ccc(F)cc1)CC(=O)Nc1ccc(OC(F)(F)F)cc1. The summed E-state index contributed by atoms with van der Waals surface area (Å²) in [5.41, 5.74) is 1.04. The second kappa shape index (κ2) is 10.6. The second-order valence-electron chi connectivity index (χ2n) is 6.33. The van der Waals surface area contributed by atoms with Crippen molar-refractivity contribution in [3.63, 3.8) is 0 Å². The molecule has 0 aromatic heterocycles. The Morgan fingerprint density at radius 3 is 2.13 bits per heavy atom. The van der Waals surface area contributed by atoms with Crippen molar-refractivity contribution in [3.05, 3.63) is 59.9 Å². The molecule has 0 saturated carbocycles. The first-order valence-electron chi connectivity index (χ1n) is 9.04. The smallest absolute Gasteiger partial charge is 0.406 e. The van der Waals surface area contributed by atoms with Crippen LogP contribution < -0.4 is 15.4 Å². The van der Waals surface area contributed by atoms with Crippen LogP contribution in [0.1, 0.15) is 12.5 Å². The molecule has 2 amide bonds. The first kappa shape index (κ1) is 23.1. The van der Waals surface area contributed by atoms with Gasteiger partial charge in [-0.2, -0.15) is 0 Å². The maximum absolute atomic E-state index is 12.9. The largest absolute Gasteiger partial charge is 0.573 e. The Labute approximate surface area is 170 Å². The normalized spacial score (nSPS) is 11.3. The molecule has 0 atom stereocenters. The van der Waals surface area contributed by atoms with Gasteiger partial charge in [0.25, 0.3) is 0 Å². The highest BCUT2D eigenvalue weighted by molar-refractivity contribution is 5.92. The highest BCUT2D eigenvalue weighted by Gasteiger charge is 2.31. The number of hydrogen-bond donors (Lipinski definition) is 2. The summed E-state index contributed by atoms with van der Waals surface area (Å²) >= 11 is 0. The van der Waals surface area contributed by atoms with E-state index in [0.717, 1.165) is 17.7 Å². The lowest BCUT2D eigenvalue weighted by atomic mass is 10.2. The lowest BCUT2D eigenvalue weighted by Crippen LogP contribution is -2.40. The maximum atomic E-state index is 12.9.